The van der Waals surface area contributed by atoms with E-state index in [-0.39, 0.29) is 73.7 Å². The summed E-state index contributed by atoms with van der Waals surface area (Å²) in [5, 5.41) is 12.1. The van der Waals surface area contributed by atoms with Crippen molar-refractivity contribution >= 4 is 79.3 Å². The normalized spacial score (nSPS) is 13.4. The topological polar surface area (TPSA) is 284 Å². The number of hydrogen-bond acceptors (Lipinski definition) is 17. The van der Waals surface area contributed by atoms with Gasteiger partial charge in [0.15, 0.2) is 0 Å². The molecule has 0 spiro atoms. The first kappa shape index (κ1) is 82.0. The van der Waals surface area contributed by atoms with Crippen LogP contribution in [0.4, 0.5) is 0 Å². The summed E-state index contributed by atoms with van der Waals surface area (Å²) in [6.45, 7) is 19.3. The molecule has 18 nitrogen and oxygen atoms in total. The molecule has 12 aromatic rings. The molecule has 0 saturated carbocycles. The van der Waals surface area contributed by atoms with Crippen molar-refractivity contribution in [3.05, 3.63) is 274 Å². The zero-order valence-electron chi connectivity index (χ0n) is 61.6. The van der Waals surface area contributed by atoms with Gasteiger partial charge in [0.2, 0.25) is 0 Å². The van der Waals surface area contributed by atoms with Crippen LogP contribution in [0.25, 0.3) is 55.2 Å². The number of furan rings is 3. The summed E-state index contributed by atoms with van der Waals surface area (Å²) in [5.74, 6) is 0.485. The number of carboxylic acid groups (broad SMARTS) is 1. The molecule has 0 aliphatic carbocycles. The van der Waals surface area contributed by atoms with E-state index in [4.69, 9.17) is 68.6 Å². The van der Waals surface area contributed by atoms with Crippen molar-refractivity contribution in [2.45, 2.75) is 131 Å². The molecule has 0 radical (unpaired) electrons. The molecule has 0 unspecified atom stereocenters. The number of aliphatic carboxylic acids is 1. The summed E-state index contributed by atoms with van der Waals surface area (Å²) in [5.41, 5.74) is 32.6. The first-order chi connectivity index (χ1) is 50.0. The number of para-hydroxylation sites is 3. The second kappa shape index (κ2) is 38.0. The van der Waals surface area contributed by atoms with Gasteiger partial charge in [0, 0.05) is 72.0 Å². The van der Waals surface area contributed by atoms with Gasteiger partial charge < -0.3 is 74.0 Å². The van der Waals surface area contributed by atoms with Gasteiger partial charge in [0.1, 0.15) is 53.8 Å². The van der Waals surface area contributed by atoms with E-state index in [9.17, 15) is 14.4 Å². The number of halogens is 1. The molecule has 0 bridgehead atoms. The smallest absolute Gasteiger partial charge is 0.870 e. The van der Waals surface area contributed by atoms with Crippen LogP contribution in [0.1, 0.15) is 131 Å². The third kappa shape index (κ3) is 21.5. The van der Waals surface area contributed by atoms with Gasteiger partial charge in [0.05, 0.1) is 62.5 Å². The maximum atomic E-state index is 11.9. The quantitative estimate of drug-likeness (QED) is 0.0342. The fourth-order valence-corrected chi connectivity index (χ4v) is 12.2. The average molecular weight is 1490 g/mol. The molecule has 546 valence electrons. The minimum Gasteiger partial charge on any atom is -0.870 e. The number of esters is 2. The van der Waals surface area contributed by atoms with E-state index in [2.05, 4.69) is 46.3 Å². The van der Waals surface area contributed by atoms with Crippen molar-refractivity contribution in [2.24, 2.45) is 17.2 Å². The van der Waals surface area contributed by atoms with Crippen molar-refractivity contribution in [3.63, 3.8) is 0 Å². The van der Waals surface area contributed by atoms with Crippen LogP contribution in [-0.2, 0) is 72.2 Å². The Morgan fingerprint density at radius 3 is 1.20 bits per heavy atom. The largest absolute Gasteiger partial charge is 1.00 e. The van der Waals surface area contributed by atoms with Gasteiger partial charge in [-0.25, -0.2) is 0 Å². The fourth-order valence-electron chi connectivity index (χ4n) is 11.8. The van der Waals surface area contributed by atoms with Crippen molar-refractivity contribution in [2.75, 3.05) is 13.2 Å². The van der Waals surface area contributed by atoms with Crippen LogP contribution < -0.4 is 55.7 Å². The zero-order valence-corrected chi connectivity index (χ0v) is 63.1. The van der Waals surface area contributed by atoms with Crippen molar-refractivity contribution < 1.29 is 90.1 Å². The minimum absolute atomic E-state index is 0. The second-order valence-corrected chi connectivity index (χ2v) is 27.4. The second-order valence-electron chi connectivity index (χ2n) is 26.5. The third-order valence-corrected chi connectivity index (χ3v) is 18.4. The Morgan fingerprint density at radius 1 is 0.462 bits per heavy atom. The number of nitrogens with two attached hydrogens (primary N) is 3. The number of hydrogen-bond donors (Lipinski definition) is 4. The Balaban J connectivity index is 0.000000186. The predicted molar refractivity (Wildman–Crippen MR) is 413 cm³/mol. The van der Waals surface area contributed by atoms with Crippen molar-refractivity contribution in [1.29, 1.82) is 0 Å². The molecular formula is C85H90BBrLiN3O15. The molecule has 21 heteroatoms. The summed E-state index contributed by atoms with van der Waals surface area (Å²) in [6.07, 6.45) is 5.31. The number of rotatable bonds is 23. The predicted octanol–water partition coefficient (Wildman–Crippen LogP) is 14.8. The molecule has 9 aromatic carbocycles. The first-order valence-corrected chi connectivity index (χ1v) is 35.5. The van der Waals surface area contributed by atoms with Gasteiger partial charge in [-0.1, -0.05) is 125 Å². The van der Waals surface area contributed by atoms with Crippen molar-refractivity contribution in [3.8, 4) is 39.5 Å². The van der Waals surface area contributed by atoms with Crippen molar-refractivity contribution in [1.82, 2.24) is 0 Å². The Kier molecular flexibility index (Phi) is 29.4. The molecule has 0 amide bonds. The number of carbonyl (C=O) groups is 3. The molecule has 1 fully saturated rings. The fraction of sp³-hybridized carbons (Fsp3) is 0.259. The van der Waals surface area contributed by atoms with Crippen LogP contribution in [0.5, 0.6) is 17.2 Å². The third-order valence-electron chi connectivity index (χ3n) is 17.9. The standard InChI is InChI=1S/C27H27NO4.C25H29BO6.C25H23NO4.C8H10BrN.Li.H2O/c1-3-30-26(29)16-22-7-4-5-10-25(22)32-17-19-13-23-11-12-31-27(23)24(14-19)21-9-6-8-20(15-21)18(2)28;1-6-28-22(27)15-18-9-7-8-10-21(18)30-16-17-13-19-11-12-29-23(19)20(14-17)26-31-24(2,3)25(4,5)32-26;1-16(26)18-6-4-7-19(13-18)22-12-17(11-21-9-10-29-25(21)22)15-30-23-8-3-2-5-20(23)14-24(27)28;1-6(10)7-3-2-4-8(9)5-7;;/h4-15,18H,3,16-17,28H2,1-2H3;7-14H,6,15-16H2,1-5H3;2-13,16H,14-15,26H2,1H3,(H,27,28);2-6H,10H2,1H3;;1H2/q;;;;+1;/p-1/t18-;;16-;6-;;/m1.11../s1. The SMILES string of the molecule is CCOC(=O)Cc1ccccc1OCc1cc(-c2cccc([C@@H](C)N)c2)c2occc2c1.CCOC(=O)Cc1ccccc1OCc1cc(B2OC(C)(C)C(C)(C)O2)c2occc2c1.C[C@@H](N)c1cccc(-c2cc(COc3ccccc3CC(=O)O)cc3ccoc23)c1.C[C@@H](N)c1cccc(Br)c1.[Li+].[OH-]. The van der Waals surface area contributed by atoms with Crippen LogP contribution in [0, 0.1) is 0 Å². The summed E-state index contributed by atoms with van der Waals surface area (Å²) < 4.78 is 59.3. The maximum absolute atomic E-state index is 11.9. The molecule has 106 heavy (non-hydrogen) atoms. The zero-order chi connectivity index (χ0) is 74.1. The monoisotopic (exact) mass is 1490 g/mol. The first-order valence-electron chi connectivity index (χ1n) is 34.7. The van der Waals surface area contributed by atoms with Gasteiger partial charge in [-0.15, -0.1) is 0 Å². The molecule has 8 N–H and O–H groups in total. The van der Waals surface area contributed by atoms with E-state index in [1.54, 1.807) is 44.8 Å². The maximum Gasteiger partial charge on any atom is 1.00 e. The summed E-state index contributed by atoms with van der Waals surface area (Å²) in [4.78, 5) is 35.0. The van der Waals surface area contributed by atoms with Gasteiger partial charge in [-0.05, 0) is 198 Å². The Morgan fingerprint density at radius 2 is 0.821 bits per heavy atom. The minimum atomic E-state index is -0.887. The molecule has 13 rings (SSSR count). The number of fused-ring (bicyclic) bond motifs is 3. The molecule has 3 atom stereocenters. The molecule has 3 aromatic heterocycles. The molecule has 1 aliphatic heterocycles. The van der Waals surface area contributed by atoms with Gasteiger partial charge >= 0.3 is 43.9 Å². The van der Waals surface area contributed by atoms with E-state index in [0.717, 1.165) is 110 Å². The van der Waals surface area contributed by atoms with Gasteiger partial charge in [-0.2, -0.15) is 0 Å². The van der Waals surface area contributed by atoms with Gasteiger partial charge in [-0.3, -0.25) is 14.4 Å². The average Bonchev–Trinajstić information content (AvgIpc) is 1.61. The van der Waals surface area contributed by atoms with Crippen LogP contribution in [-0.4, -0.2) is 60.0 Å². The van der Waals surface area contributed by atoms with Crippen LogP contribution in [0.15, 0.2) is 237 Å². The van der Waals surface area contributed by atoms with E-state index in [0.29, 0.717) is 55.8 Å². The van der Waals surface area contributed by atoms with Gasteiger partial charge in [0.25, 0.3) is 0 Å². The van der Waals surface area contributed by atoms with Crippen LogP contribution >= 0.6 is 15.9 Å². The molecule has 1 aliphatic rings. The summed E-state index contributed by atoms with van der Waals surface area (Å²) in [6, 6.07) is 64.7. The van der Waals surface area contributed by atoms with E-state index >= 15 is 0 Å². The number of carbonyl (C=O) groups excluding carboxylic acids is 2. The molecule has 4 heterocycles. The molecule has 1 saturated heterocycles. The van der Waals surface area contributed by atoms with E-state index in [1.807, 2.05) is 206 Å². The number of carboxylic acids is 1. The Labute approximate surface area is 639 Å². The summed E-state index contributed by atoms with van der Waals surface area (Å²) >= 11 is 3.37. The molecular weight excluding hydrogens is 1400 g/mol. The van der Waals surface area contributed by atoms with E-state index < -0.39 is 24.3 Å². The van der Waals surface area contributed by atoms with E-state index in [1.165, 1.54) is 0 Å². The number of ether oxygens (including phenoxy) is 5. The summed E-state index contributed by atoms with van der Waals surface area (Å²) in [7, 11) is -0.537. The van der Waals surface area contributed by atoms with Crippen LogP contribution in [0.3, 0.4) is 0 Å². The number of benzene rings is 9. The Bertz CT molecular complexity index is 4890. The Hall–Kier alpha value is -9.69. The van der Waals surface area contributed by atoms with Crippen LogP contribution in [0.2, 0.25) is 0 Å².